The molecule has 30 heavy (non-hydrogen) atoms. The summed E-state index contributed by atoms with van der Waals surface area (Å²) in [5, 5.41) is 8.43. The van der Waals surface area contributed by atoms with Crippen LogP contribution in [0.5, 0.6) is 0 Å². The molecular weight excluding hydrogens is 372 g/mol. The van der Waals surface area contributed by atoms with Gasteiger partial charge in [-0.1, -0.05) is 67.4 Å². The van der Waals surface area contributed by atoms with E-state index in [-0.39, 0.29) is 17.7 Å². The van der Waals surface area contributed by atoms with Gasteiger partial charge in [0, 0.05) is 24.6 Å². The van der Waals surface area contributed by atoms with Crippen molar-refractivity contribution in [3.8, 4) is 0 Å². The highest BCUT2D eigenvalue weighted by Gasteiger charge is 2.22. The summed E-state index contributed by atoms with van der Waals surface area (Å²) in [7, 11) is 0. The summed E-state index contributed by atoms with van der Waals surface area (Å²) in [5.74, 6) is 0.288. The van der Waals surface area contributed by atoms with Gasteiger partial charge in [0.1, 0.15) is 0 Å². The Balaban J connectivity index is 1.26. The summed E-state index contributed by atoms with van der Waals surface area (Å²) >= 11 is 0. The minimum atomic E-state index is 0.0311. The first kappa shape index (κ1) is 20.1. The van der Waals surface area contributed by atoms with Crippen LogP contribution in [0.4, 0.5) is 5.69 Å². The van der Waals surface area contributed by atoms with E-state index in [0.29, 0.717) is 19.4 Å². The van der Waals surface area contributed by atoms with Crippen LogP contribution in [0.3, 0.4) is 0 Å². The van der Waals surface area contributed by atoms with Crippen molar-refractivity contribution in [3.05, 3.63) is 77.9 Å². The van der Waals surface area contributed by atoms with E-state index in [1.54, 1.807) is 0 Å². The molecular formula is C26H28N2O2. The van der Waals surface area contributed by atoms with Crippen LogP contribution >= 0.6 is 0 Å². The second-order valence-corrected chi connectivity index (χ2v) is 8.13. The predicted molar refractivity (Wildman–Crippen MR) is 121 cm³/mol. The van der Waals surface area contributed by atoms with Crippen LogP contribution in [0.15, 0.2) is 66.7 Å². The molecule has 4 nitrogen and oxygen atoms in total. The molecule has 0 radical (unpaired) electrons. The van der Waals surface area contributed by atoms with E-state index in [0.717, 1.165) is 36.9 Å². The molecule has 2 amide bonds. The highest BCUT2D eigenvalue weighted by atomic mass is 16.2. The van der Waals surface area contributed by atoms with Crippen molar-refractivity contribution in [1.29, 1.82) is 0 Å². The molecule has 0 bridgehead atoms. The number of amides is 2. The Morgan fingerprint density at radius 2 is 1.63 bits per heavy atom. The highest BCUT2D eigenvalue weighted by molar-refractivity contribution is 5.92. The molecule has 0 atom stereocenters. The number of hydrogen-bond donors (Lipinski definition) is 2. The third-order valence-corrected chi connectivity index (χ3v) is 5.86. The van der Waals surface area contributed by atoms with Gasteiger partial charge in [-0.15, -0.1) is 0 Å². The van der Waals surface area contributed by atoms with E-state index in [4.69, 9.17) is 0 Å². The number of hydrogen-bond acceptors (Lipinski definition) is 2. The van der Waals surface area contributed by atoms with Gasteiger partial charge < -0.3 is 10.6 Å². The first-order valence-electron chi connectivity index (χ1n) is 10.8. The van der Waals surface area contributed by atoms with E-state index in [9.17, 15) is 9.59 Å². The highest BCUT2D eigenvalue weighted by Crippen LogP contribution is 2.26. The number of anilines is 1. The average Bonchev–Trinajstić information content (AvgIpc) is 3.32. The maximum absolute atomic E-state index is 12.3. The molecule has 2 N–H and O–H groups in total. The SMILES string of the molecule is O=C(CCc1ccc2ccccc2c1)NCc1cccc(NC(=O)C2CCCC2)c1. The van der Waals surface area contributed by atoms with Gasteiger partial charge in [-0.25, -0.2) is 0 Å². The van der Waals surface area contributed by atoms with Gasteiger partial charge in [-0.05, 0) is 53.3 Å². The van der Waals surface area contributed by atoms with Crippen LogP contribution in [-0.2, 0) is 22.6 Å². The zero-order valence-corrected chi connectivity index (χ0v) is 17.2. The number of benzene rings is 3. The van der Waals surface area contributed by atoms with Crippen molar-refractivity contribution in [1.82, 2.24) is 5.32 Å². The van der Waals surface area contributed by atoms with Crippen LogP contribution in [0, 0.1) is 5.92 Å². The summed E-state index contributed by atoms with van der Waals surface area (Å²) in [5.41, 5.74) is 2.95. The Bertz CT molecular complexity index is 1040. The van der Waals surface area contributed by atoms with Crippen LogP contribution < -0.4 is 10.6 Å². The van der Waals surface area contributed by atoms with Crippen molar-refractivity contribution in [2.24, 2.45) is 5.92 Å². The lowest BCUT2D eigenvalue weighted by atomic mass is 10.0. The summed E-state index contributed by atoms with van der Waals surface area (Å²) < 4.78 is 0. The molecule has 0 aliphatic heterocycles. The van der Waals surface area contributed by atoms with Crippen molar-refractivity contribution in [2.45, 2.75) is 45.1 Å². The Hall–Kier alpha value is -3.14. The van der Waals surface area contributed by atoms with Crippen molar-refractivity contribution < 1.29 is 9.59 Å². The van der Waals surface area contributed by atoms with Crippen LogP contribution in [0.25, 0.3) is 10.8 Å². The monoisotopic (exact) mass is 400 g/mol. The number of carbonyl (C=O) groups is 2. The van der Waals surface area contributed by atoms with Crippen LogP contribution in [-0.4, -0.2) is 11.8 Å². The van der Waals surface area contributed by atoms with Gasteiger partial charge in [-0.3, -0.25) is 9.59 Å². The Morgan fingerprint density at radius 1 is 0.833 bits per heavy atom. The quantitative estimate of drug-likeness (QED) is 0.571. The van der Waals surface area contributed by atoms with Crippen LogP contribution in [0.1, 0.15) is 43.2 Å². The van der Waals surface area contributed by atoms with E-state index < -0.39 is 0 Å². The maximum Gasteiger partial charge on any atom is 0.227 e. The molecule has 0 spiro atoms. The zero-order chi connectivity index (χ0) is 20.8. The van der Waals surface area contributed by atoms with E-state index >= 15 is 0 Å². The predicted octanol–water partition coefficient (Wildman–Crippen LogP) is 5.22. The lowest BCUT2D eigenvalue weighted by Crippen LogP contribution is -2.23. The molecule has 4 heteroatoms. The molecule has 3 aromatic rings. The minimum absolute atomic E-state index is 0.0311. The fraction of sp³-hybridized carbons (Fsp3) is 0.308. The molecule has 1 fully saturated rings. The molecule has 1 aliphatic rings. The zero-order valence-electron chi connectivity index (χ0n) is 17.2. The smallest absolute Gasteiger partial charge is 0.227 e. The number of fused-ring (bicyclic) bond motifs is 1. The summed E-state index contributed by atoms with van der Waals surface area (Å²) in [6.07, 6.45) is 5.43. The fourth-order valence-corrected chi connectivity index (χ4v) is 4.13. The van der Waals surface area contributed by atoms with Crippen molar-refractivity contribution in [2.75, 3.05) is 5.32 Å². The molecule has 154 valence electrons. The van der Waals surface area contributed by atoms with Gasteiger partial charge in [0.05, 0.1) is 0 Å². The summed E-state index contributed by atoms with van der Waals surface area (Å²) in [6, 6.07) is 22.3. The third kappa shape index (κ3) is 5.26. The maximum atomic E-state index is 12.3. The normalized spacial score (nSPS) is 14.0. The van der Waals surface area contributed by atoms with Gasteiger partial charge in [0.2, 0.25) is 11.8 Å². The summed E-state index contributed by atoms with van der Waals surface area (Å²) in [6.45, 7) is 0.462. The molecule has 0 aromatic heterocycles. The lowest BCUT2D eigenvalue weighted by Gasteiger charge is -2.12. The molecule has 4 rings (SSSR count). The Labute approximate surface area is 177 Å². The Morgan fingerprint density at radius 3 is 2.47 bits per heavy atom. The van der Waals surface area contributed by atoms with Gasteiger partial charge in [-0.2, -0.15) is 0 Å². The third-order valence-electron chi connectivity index (χ3n) is 5.86. The number of rotatable bonds is 7. The van der Waals surface area contributed by atoms with Crippen LogP contribution in [0.2, 0.25) is 0 Å². The minimum Gasteiger partial charge on any atom is -0.352 e. The first-order chi connectivity index (χ1) is 14.7. The van der Waals surface area contributed by atoms with E-state index in [1.165, 1.54) is 16.3 Å². The Kier molecular flexibility index (Phi) is 6.43. The molecule has 0 saturated heterocycles. The fourth-order valence-electron chi connectivity index (χ4n) is 4.13. The van der Waals surface area contributed by atoms with Gasteiger partial charge in [0.15, 0.2) is 0 Å². The summed E-state index contributed by atoms with van der Waals surface area (Å²) in [4.78, 5) is 24.6. The molecule has 0 unspecified atom stereocenters. The number of carbonyl (C=O) groups excluding carboxylic acids is 2. The molecule has 3 aromatic carbocycles. The topological polar surface area (TPSA) is 58.2 Å². The van der Waals surface area contributed by atoms with Gasteiger partial charge in [0.25, 0.3) is 0 Å². The second-order valence-electron chi connectivity index (χ2n) is 8.13. The largest absolute Gasteiger partial charge is 0.352 e. The standard InChI is InChI=1S/C26H28N2O2/c29-25(15-13-19-12-14-21-7-1-4-10-23(21)16-19)27-18-20-6-5-11-24(17-20)28-26(30)22-8-2-3-9-22/h1,4-7,10-12,14,16-17,22H,2-3,8-9,13,15,18H2,(H,27,29)(H,28,30). The molecule has 1 saturated carbocycles. The second kappa shape index (κ2) is 9.57. The number of aryl methyl sites for hydroxylation is 1. The molecule has 0 heterocycles. The number of nitrogens with one attached hydrogen (secondary N) is 2. The van der Waals surface area contributed by atoms with Gasteiger partial charge >= 0.3 is 0 Å². The van der Waals surface area contributed by atoms with Crippen molar-refractivity contribution >= 4 is 28.3 Å². The lowest BCUT2D eigenvalue weighted by molar-refractivity contribution is -0.121. The van der Waals surface area contributed by atoms with Crippen molar-refractivity contribution in [3.63, 3.8) is 0 Å². The molecule has 1 aliphatic carbocycles. The van der Waals surface area contributed by atoms with E-state index in [1.807, 2.05) is 36.4 Å². The first-order valence-corrected chi connectivity index (χ1v) is 10.8. The van der Waals surface area contributed by atoms with E-state index in [2.05, 4.69) is 41.0 Å². The average molecular weight is 401 g/mol.